The van der Waals surface area contributed by atoms with Gasteiger partial charge in [-0.05, 0) is 46.2 Å². The van der Waals surface area contributed by atoms with Crippen molar-refractivity contribution in [3.8, 4) is 0 Å². The van der Waals surface area contributed by atoms with Crippen LogP contribution in [0.4, 0.5) is 0 Å². The largest absolute Gasteiger partial charge is 0.368 e. The predicted molar refractivity (Wildman–Crippen MR) is 69.9 cm³/mol. The number of hydrogen-bond donors (Lipinski definition) is 0. The van der Waals surface area contributed by atoms with Crippen LogP contribution in [0.15, 0.2) is 35.2 Å². The van der Waals surface area contributed by atoms with Gasteiger partial charge in [0, 0.05) is 10.1 Å². The Morgan fingerprint density at radius 1 is 1.12 bits per heavy atom. The molecule has 0 saturated carbocycles. The monoisotopic (exact) mass is 236 g/mol. The van der Waals surface area contributed by atoms with Crippen LogP contribution < -0.4 is 0 Å². The summed E-state index contributed by atoms with van der Waals surface area (Å²) < 4.78 is 6.10. The molecule has 0 N–H and O–H groups in total. The molecule has 0 bridgehead atoms. The van der Waals surface area contributed by atoms with Crippen molar-refractivity contribution in [2.24, 2.45) is 0 Å². The molecular formula is C14H20OS. The predicted octanol–water partition coefficient (Wildman–Crippen LogP) is 4.12. The zero-order valence-electron chi connectivity index (χ0n) is 10.5. The minimum Gasteiger partial charge on any atom is -0.368 e. The first-order valence-corrected chi connectivity index (χ1v) is 6.69. The SMILES string of the molecule is CC1(C)CC(Sc2ccccc2)C(C)(C)O1. The molecule has 1 aliphatic heterocycles. The average Bonchev–Trinajstić information content (AvgIpc) is 2.36. The van der Waals surface area contributed by atoms with Crippen LogP contribution in [-0.2, 0) is 4.74 Å². The van der Waals surface area contributed by atoms with Crippen molar-refractivity contribution in [2.75, 3.05) is 0 Å². The van der Waals surface area contributed by atoms with E-state index in [1.807, 2.05) is 11.8 Å². The number of rotatable bonds is 2. The van der Waals surface area contributed by atoms with E-state index in [0.29, 0.717) is 5.25 Å². The standard InChI is InChI=1S/C14H20OS/c1-13(2)10-12(14(3,4)15-13)16-11-8-6-5-7-9-11/h5-9,12H,10H2,1-4H3. The normalized spacial score (nSPS) is 26.9. The van der Waals surface area contributed by atoms with Gasteiger partial charge in [0.1, 0.15) is 0 Å². The summed E-state index contributed by atoms with van der Waals surface area (Å²) in [5.74, 6) is 0. The topological polar surface area (TPSA) is 9.23 Å². The van der Waals surface area contributed by atoms with Crippen molar-refractivity contribution in [3.05, 3.63) is 30.3 Å². The average molecular weight is 236 g/mol. The van der Waals surface area contributed by atoms with Crippen molar-refractivity contribution < 1.29 is 4.74 Å². The Kier molecular flexibility index (Phi) is 3.06. The van der Waals surface area contributed by atoms with E-state index in [9.17, 15) is 0 Å². The number of hydrogen-bond acceptors (Lipinski definition) is 2. The molecule has 1 aliphatic rings. The second-order valence-corrected chi connectivity index (χ2v) is 6.87. The lowest BCUT2D eigenvalue weighted by Gasteiger charge is -2.26. The number of thioether (sulfide) groups is 1. The molecule has 0 spiro atoms. The molecule has 2 heteroatoms. The highest BCUT2D eigenvalue weighted by Crippen LogP contribution is 2.45. The van der Waals surface area contributed by atoms with Crippen LogP contribution in [-0.4, -0.2) is 16.5 Å². The lowest BCUT2D eigenvalue weighted by Crippen LogP contribution is -2.30. The van der Waals surface area contributed by atoms with Crippen LogP contribution in [0.5, 0.6) is 0 Å². The van der Waals surface area contributed by atoms with Crippen molar-refractivity contribution >= 4 is 11.8 Å². The maximum atomic E-state index is 6.10. The third-order valence-corrected chi connectivity index (χ3v) is 4.58. The maximum absolute atomic E-state index is 6.10. The van der Waals surface area contributed by atoms with Crippen molar-refractivity contribution in [1.29, 1.82) is 0 Å². The Labute approximate surface area is 103 Å². The lowest BCUT2D eigenvalue weighted by atomic mass is 10.0. The summed E-state index contributed by atoms with van der Waals surface area (Å²) >= 11 is 1.94. The first-order valence-electron chi connectivity index (χ1n) is 5.81. The molecule has 0 aromatic heterocycles. The molecule has 0 amide bonds. The second-order valence-electron chi connectivity index (χ2n) is 5.59. The van der Waals surface area contributed by atoms with Gasteiger partial charge in [0.25, 0.3) is 0 Å². The first kappa shape index (κ1) is 12.0. The molecule has 1 fully saturated rings. The highest BCUT2D eigenvalue weighted by atomic mass is 32.2. The fourth-order valence-electron chi connectivity index (χ4n) is 2.36. The molecule has 1 aromatic rings. The minimum atomic E-state index is -0.0377. The van der Waals surface area contributed by atoms with Gasteiger partial charge in [-0.1, -0.05) is 18.2 Å². The molecule has 16 heavy (non-hydrogen) atoms. The summed E-state index contributed by atoms with van der Waals surface area (Å²) in [6, 6.07) is 10.6. The molecular weight excluding hydrogens is 216 g/mol. The summed E-state index contributed by atoms with van der Waals surface area (Å²) in [6.07, 6.45) is 1.11. The Morgan fingerprint density at radius 2 is 1.75 bits per heavy atom. The van der Waals surface area contributed by atoms with Crippen LogP contribution >= 0.6 is 11.8 Å². The van der Waals surface area contributed by atoms with E-state index in [0.717, 1.165) is 6.42 Å². The zero-order valence-corrected chi connectivity index (χ0v) is 11.3. The molecule has 1 heterocycles. The number of ether oxygens (including phenoxy) is 1. The van der Waals surface area contributed by atoms with Crippen LogP contribution in [0.3, 0.4) is 0 Å². The third kappa shape index (κ3) is 2.61. The van der Waals surface area contributed by atoms with E-state index in [2.05, 4.69) is 58.0 Å². The summed E-state index contributed by atoms with van der Waals surface area (Å²) in [6.45, 7) is 8.76. The van der Waals surface area contributed by atoms with Gasteiger partial charge in [0.05, 0.1) is 11.2 Å². The lowest BCUT2D eigenvalue weighted by molar-refractivity contribution is -0.0631. The summed E-state index contributed by atoms with van der Waals surface area (Å²) in [5.41, 5.74) is -0.0278. The molecule has 0 radical (unpaired) electrons. The fourth-order valence-corrected chi connectivity index (χ4v) is 3.82. The summed E-state index contributed by atoms with van der Waals surface area (Å²) in [4.78, 5) is 1.34. The quantitative estimate of drug-likeness (QED) is 0.763. The maximum Gasteiger partial charge on any atom is 0.0756 e. The van der Waals surface area contributed by atoms with Crippen LogP contribution in [0.1, 0.15) is 34.1 Å². The van der Waals surface area contributed by atoms with E-state index >= 15 is 0 Å². The summed E-state index contributed by atoms with van der Waals surface area (Å²) in [7, 11) is 0. The van der Waals surface area contributed by atoms with Gasteiger partial charge in [-0.2, -0.15) is 0 Å². The Morgan fingerprint density at radius 3 is 2.25 bits per heavy atom. The number of benzene rings is 1. The highest BCUT2D eigenvalue weighted by molar-refractivity contribution is 8.00. The molecule has 1 aromatic carbocycles. The van der Waals surface area contributed by atoms with Gasteiger partial charge in [-0.15, -0.1) is 11.8 Å². The smallest absolute Gasteiger partial charge is 0.0756 e. The molecule has 88 valence electrons. The molecule has 0 aliphatic carbocycles. The highest BCUT2D eigenvalue weighted by Gasteiger charge is 2.46. The van der Waals surface area contributed by atoms with E-state index in [1.165, 1.54) is 4.90 Å². The summed E-state index contributed by atoms with van der Waals surface area (Å²) in [5, 5.41) is 0.532. The fraction of sp³-hybridized carbons (Fsp3) is 0.571. The molecule has 1 unspecified atom stereocenters. The van der Waals surface area contributed by atoms with Crippen LogP contribution in [0.2, 0.25) is 0 Å². The Balaban J connectivity index is 2.11. The minimum absolute atomic E-state index is 0.00987. The van der Waals surface area contributed by atoms with Gasteiger partial charge < -0.3 is 4.74 Å². The van der Waals surface area contributed by atoms with Crippen molar-refractivity contribution in [1.82, 2.24) is 0 Å². The van der Waals surface area contributed by atoms with Gasteiger partial charge in [0.2, 0.25) is 0 Å². The Hall–Kier alpha value is -0.470. The van der Waals surface area contributed by atoms with E-state index in [-0.39, 0.29) is 11.2 Å². The van der Waals surface area contributed by atoms with Crippen molar-refractivity contribution in [2.45, 2.75) is 55.5 Å². The molecule has 1 saturated heterocycles. The van der Waals surface area contributed by atoms with Crippen LogP contribution in [0.25, 0.3) is 0 Å². The van der Waals surface area contributed by atoms with E-state index < -0.39 is 0 Å². The van der Waals surface area contributed by atoms with Gasteiger partial charge in [-0.3, -0.25) is 0 Å². The second kappa shape index (κ2) is 4.08. The van der Waals surface area contributed by atoms with E-state index in [1.54, 1.807) is 0 Å². The van der Waals surface area contributed by atoms with Gasteiger partial charge >= 0.3 is 0 Å². The molecule has 1 nitrogen and oxygen atoms in total. The van der Waals surface area contributed by atoms with Crippen molar-refractivity contribution in [3.63, 3.8) is 0 Å². The Bertz CT molecular complexity index is 356. The van der Waals surface area contributed by atoms with E-state index in [4.69, 9.17) is 4.74 Å². The van der Waals surface area contributed by atoms with Gasteiger partial charge in [-0.25, -0.2) is 0 Å². The first-order chi connectivity index (χ1) is 7.39. The third-order valence-electron chi connectivity index (χ3n) is 3.01. The molecule has 2 rings (SSSR count). The molecule has 1 atom stereocenters. The van der Waals surface area contributed by atoms with Crippen LogP contribution in [0, 0.1) is 0 Å². The zero-order chi connectivity index (χ0) is 11.8. The van der Waals surface area contributed by atoms with Gasteiger partial charge in [0.15, 0.2) is 0 Å².